The lowest BCUT2D eigenvalue weighted by molar-refractivity contribution is 0.0685. The summed E-state index contributed by atoms with van der Waals surface area (Å²) >= 11 is 0. The SMILES string of the molecule is CCc1c(C=Cc2ccc(C(=O)O)cc2)ccc(C(=O)O)c1CC. The molecule has 2 aromatic carbocycles. The Morgan fingerprint density at radius 2 is 1.46 bits per heavy atom. The Labute approximate surface area is 141 Å². The van der Waals surface area contributed by atoms with E-state index in [0.29, 0.717) is 12.0 Å². The molecule has 0 fully saturated rings. The summed E-state index contributed by atoms with van der Waals surface area (Å²) in [5, 5.41) is 18.2. The fourth-order valence-electron chi connectivity index (χ4n) is 2.81. The molecular weight excluding hydrogens is 304 g/mol. The Morgan fingerprint density at radius 3 is 1.96 bits per heavy atom. The summed E-state index contributed by atoms with van der Waals surface area (Å²) in [7, 11) is 0. The highest BCUT2D eigenvalue weighted by atomic mass is 16.4. The lowest BCUT2D eigenvalue weighted by atomic mass is 9.92. The Kier molecular flexibility index (Phi) is 5.53. The van der Waals surface area contributed by atoms with Crippen LogP contribution in [0.1, 0.15) is 56.8 Å². The highest BCUT2D eigenvalue weighted by Crippen LogP contribution is 2.23. The molecule has 24 heavy (non-hydrogen) atoms. The molecule has 0 aliphatic heterocycles. The van der Waals surface area contributed by atoms with Crippen LogP contribution in [0.5, 0.6) is 0 Å². The van der Waals surface area contributed by atoms with Crippen molar-refractivity contribution in [3.8, 4) is 0 Å². The van der Waals surface area contributed by atoms with Crippen LogP contribution in [0.15, 0.2) is 36.4 Å². The molecule has 0 aliphatic rings. The first kappa shape index (κ1) is 17.5. The molecule has 0 aromatic heterocycles. The summed E-state index contributed by atoms with van der Waals surface area (Å²) < 4.78 is 0. The Hall–Kier alpha value is -2.88. The summed E-state index contributed by atoms with van der Waals surface area (Å²) in [5.41, 5.74) is 4.39. The number of hydrogen-bond acceptors (Lipinski definition) is 2. The molecule has 0 heterocycles. The van der Waals surface area contributed by atoms with Crippen molar-refractivity contribution < 1.29 is 19.8 Å². The molecule has 2 rings (SSSR count). The molecule has 0 bridgehead atoms. The van der Waals surface area contributed by atoms with Crippen molar-refractivity contribution in [2.24, 2.45) is 0 Å². The highest BCUT2D eigenvalue weighted by Gasteiger charge is 2.14. The van der Waals surface area contributed by atoms with E-state index in [4.69, 9.17) is 5.11 Å². The molecule has 0 unspecified atom stereocenters. The summed E-state index contributed by atoms with van der Waals surface area (Å²) in [4.78, 5) is 22.2. The molecule has 4 nitrogen and oxygen atoms in total. The third kappa shape index (κ3) is 3.71. The van der Waals surface area contributed by atoms with Crippen LogP contribution >= 0.6 is 0 Å². The molecule has 0 aliphatic carbocycles. The van der Waals surface area contributed by atoms with Crippen molar-refractivity contribution in [2.45, 2.75) is 26.7 Å². The summed E-state index contributed by atoms with van der Waals surface area (Å²) in [6.45, 7) is 3.97. The fraction of sp³-hybridized carbons (Fsp3) is 0.200. The summed E-state index contributed by atoms with van der Waals surface area (Å²) in [6, 6.07) is 10.1. The molecule has 2 aromatic rings. The second-order valence-corrected chi connectivity index (χ2v) is 5.43. The number of rotatable bonds is 6. The van der Waals surface area contributed by atoms with E-state index in [-0.39, 0.29) is 5.56 Å². The van der Waals surface area contributed by atoms with Crippen LogP contribution in [-0.2, 0) is 12.8 Å². The molecular formula is C20H20O4. The zero-order valence-corrected chi connectivity index (χ0v) is 13.7. The van der Waals surface area contributed by atoms with Gasteiger partial charge in [-0.05, 0) is 53.3 Å². The van der Waals surface area contributed by atoms with Crippen LogP contribution in [0.2, 0.25) is 0 Å². The molecule has 0 atom stereocenters. The monoisotopic (exact) mass is 324 g/mol. The maximum atomic E-state index is 11.4. The number of hydrogen-bond donors (Lipinski definition) is 2. The number of benzene rings is 2. The van der Waals surface area contributed by atoms with Crippen LogP contribution in [0.3, 0.4) is 0 Å². The molecule has 0 saturated heterocycles. The molecule has 0 radical (unpaired) electrons. The van der Waals surface area contributed by atoms with Crippen LogP contribution in [0.25, 0.3) is 12.2 Å². The lowest BCUT2D eigenvalue weighted by Crippen LogP contribution is -2.06. The lowest BCUT2D eigenvalue weighted by Gasteiger charge is -2.13. The van der Waals surface area contributed by atoms with Gasteiger partial charge in [0.25, 0.3) is 0 Å². The van der Waals surface area contributed by atoms with Gasteiger partial charge in [-0.15, -0.1) is 0 Å². The van der Waals surface area contributed by atoms with Crippen LogP contribution < -0.4 is 0 Å². The van der Waals surface area contributed by atoms with E-state index in [1.807, 2.05) is 32.1 Å². The quantitative estimate of drug-likeness (QED) is 0.773. The van der Waals surface area contributed by atoms with E-state index in [2.05, 4.69) is 0 Å². The molecule has 0 amide bonds. The van der Waals surface area contributed by atoms with Gasteiger partial charge in [0.05, 0.1) is 11.1 Å². The summed E-state index contributed by atoms with van der Waals surface area (Å²) in [6.07, 6.45) is 5.26. The number of carbonyl (C=O) groups is 2. The molecule has 0 saturated carbocycles. The van der Waals surface area contributed by atoms with Gasteiger partial charge in [-0.1, -0.05) is 44.2 Å². The zero-order valence-electron chi connectivity index (χ0n) is 13.7. The molecule has 4 heteroatoms. The fourth-order valence-corrected chi connectivity index (χ4v) is 2.81. The number of carboxylic acids is 2. The average molecular weight is 324 g/mol. The predicted molar refractivity (Wildman–Crippen MR) is 94.5 cm³/mol. The van der Waals surface area contributed by atoms with Crippen molar-refractivity contribution in [3.63, 3.8) is 0 Å². The van der Waals surface area contributed by atoms with E-state index in [1.54, 1.807) is 30.3 Å². The number of carboxylic acid groups (broad SMARTS) is 2. The molecule has 2 N–H and O–H groups in total. The van der Waals surface area contributed by atoms with Crippen LogP contribution in [0, 0.1) is 0 Å². The Bertz CT molecular complexity index is 786. The average Bonchev–Trinajstić information content (AvgIpc) is 2.58. The van der Waals surface area contributed by atoms with Gasteiger partial charge < -0.3 is 10.2 Å². The second kappa shape index (κ2) is 7.59. The minimum absolute atomic E-state index is 0.250. The highest BCUT2D eigenvalue weighted by molar-refractivity contribution is 5.91. The maximum absolute atomic E-state index is 11.4. The van der Waals surface area contributed by atoms with E-state index >= 15 is 0 Å². The van der Waals surface area contributed by atoms with Crippen molar-refractivity contribution in [3.05, 3.63) is 69.8 Å². The molecule has 0 spiro atoms. The van der Waals surface area contributed by atoms with Gasteiger partial charge in [-0.3, -0.25) is 0 Å². The Morgan fingerprint density at radius 1 is 0.833 bits per heavy atom. The largest absolute Gasteiger partial charge is 0.478 e. The van der Waals surface area contributed by atoms with Crippen LogP contribution in [-0.4, -0.2) is 22.2 Å². The summed E-state index contributed by atoms with van der Waals surface area (Å²) in [5.74, 6) is -1.85. The third-order valence-corrected chi connectivity index (χ3v) is 4.02. The first-order valence-corrected chi connectivity index (χ1v) is 7.87. The predicted octanol–water partition coefficient (Wildman–Crippen LogP) is 4.38. The number of aromatic carboxylic acids is 2. The van der Waals surface area contributed by atoms with Gasteiger partial charge in [0.15, 0.2) is 0 Å². The molecule has 124 valence electrons. The normalized spacial score (nSPS) is 10.9. The van der Waals surface area contributed by atoms with E-state index < -0.39 is 11.9 Å². The maximum Gasteiger partial charge on any atom is 0.335 e. The van der Waals surface area contributed by atoms with Gasteiger partial charge >= 0.3 is 11.9 Å². The van der Waals surface area contributed by atoms with Gasteiger partial charge in [0.2, 0.25) is 0 Å². The zero-order chi connectivity index (χ0) is 17.7. The van der Waals surface area contributed by atoms with E-state index in [0.717, 1.165) is 28.7 Å². The van der Waals surface area contributed by atoms with Crippen molar-refractivity contribution >= 4 is 24.1 Å². The van der Waals surface area contributed by atoms with E-state index in [1.165, 1.54) is 0 Å². The standard InChI is InChI=1S/C20H20O4/c1-3-16-14(11-12-18(20(23)24)17(16)4-2)8-5-13-6-9-15(10-7-13)19(21)22/h5-12H,3-4H2,1-2H3,(H,21,22)(H,23,24). The van der Waals surface area contributed by atoms with Gasteiger partial charge in [0, 0.05) is 0 Å². The van der Waals surface area contributed by atoms with Crippen molar-refractivity contribution in [2.75, 3.05) is 0 Å². The first-order chi connectivity index (χ1) is 11.5. The van der Waals surface area contributed by atoms with Crippen molar-refractivity contribution in [1.29, 1.82) is 0 Å². The minimum atomic E-state index is -0.948. The van der Waals surface area contributed by atoms with Gasteiger partial charge in [0.1, 0.15) is 0 Å². The third-order valence-electron chi connectivity index (χ3n) is 4.02. The van der Waals surface area contributed by atoms with Crippen LogP contribution in [0.4, 0.5) is 0 Å². The minimum Gasteiger partial charge on any atom is -0.478 e. The first-order valence-electron chi connectivity index (χ1n) is 7.87. The van der Waals surface area contributed by atoms with Gasteiger partial charge in [-0.25, -0.2) is 9.59 Å². The van der Waals surface area contributed by atoms with Crippen molar-refractivity contribution in [1.82, 2.24) is 0 Å². The smallest absolute Gasteiger partial charge is 0.335 e. The van der Waals surface area contributed by atoms with Gasteiger partial charge in [-0.2, -0.15) is 0 Å². The Balaban J connectivity index is 2.38. The second-order valence-electron chi connectivity index (χ2n) is 5.43. The topological polar surface area (TPSA) is 74.6 Å². The van der Waals surface area contributed by atoms with E-state index in [9.17, 15) is 14.7 Å².